The van der Waals surface area contributed by atoms with Crippen molar-refractivity contribution in [2.24, 2.45) is 5.73 Å². The van der Waals surface area contributed by atoms with E-state index in [2.05, 4.69) is 0 Å². The number of nitrogens with zero attached hydrogens (tertiary/aromatic N) is 1. The van der Waals surface area contributed by atoms with Crippen molar-refractivity contribution in [1.29, 1.82) is 0 Å². The fourth-order valence-electron chi connectivity index (χ4n) is 3.25. The van der Waals surface area contributed by atoms with Crippen molar-refractivity contribution in [2.75, 3.05) is 0 Å². The van der Waals surface area contributed by atoms with Gasteiger partial charge in [-0.05, 0) is 66.5 Å². The maximum atomic E-state index is 13.1. The Balaban J connectivity index is 1.99. The number of primary amides is 1. The number of rotatable bonds is 3. The van der Waals surface area contributed by atoms with Gasteiger partial charge in [0, 0.05) is 23.3 Å². The molecule has 10 heteroatoms. The van der Waals surface area contributed by atoms with E-state index in [0.717, 1.165) is 18.4 Å². The first-order valence-electron chi connectivity index (χ1n) is 9.24. The van der Waals surface area contributed by atoms with E-state index in [-0.39, 0.29) is 29.3 Å². The summed E-state index contributed by atoms with van der Waals surface area (Å²) in [5.41, 5.74) is 3.63. The number of allylic oxidation sites excluding steroid dienone is 1. The smallest absolute Gasteiger partial charge is 0.416 e. The van der Waals surface area contributed by atoms with Gasteiger partial charge in [0.25, 0.3) is 0 Å². The summed E-state index contributed by atoms with van der Waals surface area (Å²) >= 11 is 0. The Labute approximate surface area is 178 Å². The second-order valence-electron chi connectivity index (χ2n) is 7.14. The number of carbonyl (C=O) groups is 1. The first kappa shape index (κ1) is 23.1. The largest absolute Gasteiger partial charge is 0.618 e. The summed E-state index contributed by atoms with van der Waals surface area (Å²) in [5, 5.41) is 12.5. The van der Waals surface area contributed by atoms with Gasteiger partial charge < -0.3 is 10.9 Å². The van der Waals surface area contributed by atoms with E-state index in [4.69, 9.17) is 5.73 Å². The number of aryl methyl sites for hydroxylation is 1. The fraction of sp³-hybridized carbons (Fsp3) is 0.182. The monoisotopic (exact) mass is 454 g/mol. The second-order valence-corrected chi connectivity index (χ2v) is 7.14. The van der Waals surface area contributed by atoms with E-state index in [1.807, 2.05) is 0 Å². The number of amides is 1. The summed E-state index contributed by atoms with van der Waals surface area (Å²) in [6.45, 7) is 0. The van der Waals surface area contributed by atoms with Crippen LogP contribution in [0.1, 0.15) is 34.2 Å². The molecule has 0 radical (unpaired) electrons. The molecular weight excluding hydrogens is 438 g/mol. The molecule has 0 aromatic heterocycles. The third-order valence-corrected chi connectivity index (χ3v) is 4.71. The number of fused-ring (bicyclic) bond motifs is 1. The van der Waals surface area contributed by atoms with E-state index in [9.17, 15) is 36.3 Å². The van der Waals surface area contributed by atoms with Crippen molar-refractivity contribution in [3.63, 3.8) is 0 Å². The maximum Gasteiger partial charge on any atom is 0.416 e. The van der Waals surface area contributed by atoms with Gasteiger partial charge in [-0.2, -0.15) is 31.1 Å². The molecule has 0 atom stereocenters. The summed E-state index contributed by atoms with van der Waals surface area (Å²) in [6.07, 6.45) is -4.55. The van der Waals surface area contributed by atoms with Gasteiger partial charge in [0.2, 0.25) is 11.6 Å². The topological polar surface area (TPSA) is 69.2 Å². The normalized spacial score (nSPS) is 16.1. The molecule has 1 aliphatic rings. The molecule has 3 rings (SSSR count). The Morgan fingerprint density at radius 1 is 0.938 bits per heavy atom. The van der Waals surface area contributed by atoms with Gasteiger partial charge in [-0.3, -0.25) is 4.79 Å². The number of halogens is 6. The molecule has 32 heavy (non-hydrogen) atoms. The summed E-state index contributed by atoms with van der Waals surface area (Å²) in [7, 11) is 0. The molecular formula is C22H16F6N2O2. The van der Waals surface area contributed by atoms with E-state index >= 15 is 0 Å². The first-order chi connectivity index (χ1) is 14.8. The van der Waals surface area contributed by atoms with Crippen molar-refractivity contribution in [2.45, 2.75) is 25.2 Å². The van der Waals surface area contributed by atoms with Crippen molar-refractivity contribution in [3.8, 4) is 0 Å². The van der Waals surface area contributed by atoms with Crippen LogP contribution in [0.25, 0.3) is 12.2 Å². The zero-order valence-corrected chi connectivity index (χ0v) is 16.3. The molecule has 0 fully saturated rings. The molecule has 0 spiro atoms. The zero-order chi connectivity index (χ0) is 23.7. The molecule has 0 unspecified atom stereocenters. The molecule has 1 amide bonds. The highest BCUT2D eigenvalue weighted by molar-refractivity contribution is 5.90. The number of nitrogens with two attached hydrogens (primary N) is 1. The summed E-state index contributed by atoms with van der Waals surface area (Å²) < 4.78 is 79.0. The highest BCUT2D eigenvalue weighted by Crippen LogP contribution is 2.37. The quantitative estimate of drug-likeness (QED) is 0.289. The van der Waals surface area contributed by atoms with E-state index in [1.54, 1.807) is 12.1 Å². The summed E-state index contributed by atoms with van der Waals surface area (Å²) in [4.78, 5) is 10.9. The Hall–Kier alpha value is -3.56. The van der Waals surface area contributed by atoms with Crippen LogP contribution >= 0.6 is 0 Å². The standard InChI is InChI=1S/C22H16F6N2O2/c23-21(24,25)17-9-15(10-18(11-17)22(26,27)28)7-14-1-4-16-8-13(3-6-20(29)31)2-5-19(16)30(32)12-14/h2-3,5-12H,1,4H2,(H2,29,31)/b6-3+,14-7+. The molecule has 2 aromatic carbocycles. The van der Waals surface area contributed by atoms with Gasteiger partial charge in [-0.25, -0.2) is 0 Å². The number of alkyl halides is 6. The fourth-order valence-corrected chi connectivity index (χ4v) is 3.25. The van der Waals surface area contributed by atoms with Gasteiger partial charge in [-0.15, -0.1) is 0 Å². The van der Waals surface area contributed by atoms with Crippen LogP contribution in [0.3, 0.4) is 0 Å². The maximum absolute atomic E-state index is 13.1. The zero-order valence-electron chi connectivity index (χ0n) is 16.3. The van der Waals surface area contributed by atoms with Crippen LogP contribution in [0, 0.1) is 5.21 Å². The van der Waals surface area contributed by atoms with E-state index in [1.165, 1.54) is 12.1 Å². The molecule has 168 valence electrons. The van der Waals surface area contributed by atoms with Crippen molar-refractivity contribution < 1.29 is 35.9 Å². The lowest BCUT2D eigenvalue weighted by Crippen LogP contribution is -2.11. The molecule has 0 bridgehead atoms. The number of hydrogen-bond donors (Lipinski definition) is 1. The minimum Gasteiger partial charge on any atom is -0.618 e. The van der Waals surface area contributed by atoms with Gasteiger partial charge in [-0.1, -0.05) is 0 Å². The Morgan fingerprint density at radius 3 is 2.12 bits per heavy atom. The first-order valence-corrected chi connectivity index (χ1v) is 9.24. The van der Waals surface area contributed by atoms with Gasteiger partial charge in [0.1, 0.15) is 0 Å². The van der Waals surface area contributed by atoms with Crippen molar-refractivity contribution in [1.82, 2.24) is 0 Å². The Kier molecular flexibility index (Phi) is 6.16. The molecule has 0 aliphatic carbocycles. The Bertz CT molecular complexity index is 1110. The van der Waals surface area contributed by atoms with Gasteiger partial charge in [0.15, 0.2) is 6.21 Å². The third kappa shape index (κ3) is 5.57. The molecule has 1 aliphatic heterocycles. The average Bonchev–Trinajstić information content (AvgIpc) is 2.83. The van der Waals surface area contributed by atoms with Crippen LogP contribution in [-0.4, -0.2) is 16.9 Å². The lowest BCUT2D eigenvalue weighted by Gasteiger charge is -2.13. The lowest BCUT2D eigenvalue weighted by atomic mass is 9.99. The van der Waals surface area contributed by atoms with Crippen LogP contribution in [0.15, 0.2) is 48.0 Å². The van der Waals surface area contributed by atoms with Crippen LogP contribution in [-0.2, 0) is 23.6 Å². The third-order valence-electron chi connectivity index (χ3n) is 4.71. The van der Waals surface area contributed by atoms with E-state index < -0.39 is 29.4 Å². The molecule has 4 nitrogen and oxygen atoms in total. The highest BCUT2D eigenvalue weighted by atomic mass is 19.4. The van der Waals surface area contributed by atoms with Crippen LogP contribution in [0.5, 0.6) is 0 Å². The van der Waals surface area contributed by atoms with Gasteiger partial charge in [0.05, 0.1) is 11.1 Å². The van der Waals surface area contributed by atoms with E-state index in [0.29, 0.717) is 34.4 Å². The van der Waals surface area contributed by atoms with Crippen molar-refractivity contribution in [3.05, 3.63) is 81.1 Å². The average molecular weight is 454 g/mol. The van der Waals surface area contributed by atoms with Crippen molar-refractivity contribution >= 4 is 30.0 Å². The predicted molar refractivity (Wildman–Crippen MR) is 107 cm³/mol. The molecule has 2 N–H and O–H groups in total. The van der Waals surface area contributed by atoms with Crippen LogP contribution in [0.2, 0.25) is 0 Å². The predicted octanol–water partition coefficient (Wildman–Crippen LogP) is 5.47. The SMILES string of the molecule is NC(=O)/C=C/c1ccc2c(c1)CC/C(=C\c1cc(C(F)(F)F)cc(C(F)(F)F)c1)C=[N+]2[O-]. The second kappa shape index (κ2) is 8.52. The molecule has 1 heterocycles. The highest BCUT2D eigenvalue weighted by Gasteiger charge is 2.36. The molecule has 2 aromatic rings. The molecule has 0 saturated heterocycles. The number of hydrogen-bond acceptors (Lipinski definition) is 2. The lowest BCUT2D eigenvalue weighted by molar-refractivity contribution is -0.354. The summed E-state index contributed by atoms with van der Waals surface area (Å²) in [5.74, 6) is -0.650. The van der Waals surface area contributed by atoms with Crippen LogP contribution < -0.4 is 5.73 Å². The summed E-state index contributed by atoms with van der Waals surface area (Å²) in [6, 6.07) is 6.01. The van der Waals surface area contributed by atoms with Crippen LogP contribution in [0.4, 0.5) is 32.0 Å². The minimum atomic E-state index is -4.96. The Morgan fingerprint density at radius 2 is 1.56 bits per heavy atom. The molecule has 0 saturated carbocycles. The number of carbonyl (C=O) groups excluding carboxylic acids is 1. The van der Waals surface area contributed by atoms with Gasteiger partial charge >= 0.3 is 12.4 Å². The minimum absolute atomic E-state index is 0.0513. The number of benzene rings is 2.